The number of carboxylic acids is 2. The fourth-order valence-electron chi connectivity index (χ4n) is 1.32. The maximum Gasteiger partial charge on any atom is 2.00 e. The van der Waals surface area contributed by atoms with Crippen molar-refractivity contribution < 1.29 is 62.8 Å². The molecular weight excluding hydrogens is 400 g/mol. The van der Waals surface area contributed by atoms with Gasteiger partial charge in [-0.15, -0.1) is 0 Å². The zero-order valence-electron chi connectivity index (χ0n) is 13.4. The second-order valence-corrected chi connectivity index (χ2v) is 3.95. The molecule has 0 aliphatic rings. The molecule has 2 rings (SSSR count). The summed E-state index contributed by atoms with van der Waals surface area (Å²) in [6.45, 7) is -0.798. The fourth-order valence-corrected chi connectivity index (χ4v) is 1.32. The van der Waals surface area contributed by atoms with Gasteiger partial charge in [0.1, 0.15) is 24.7 Å². The Balaban J connectivity index is -0.000000161. The van der Waals surface area contributed by atoms with Crippen molar-refractivity contribution in [1.82, 2.24) is 0 Å². The van der Waals surface area contributed by atoms with E-state index < -0.39 is 25.2 Å². The largest absolute Gasteiger partial charge is 2.00 e. The molecule has 0 saturated carbocycles. The normalized spacial score (nSPS) is 7.69. The van der Waals surface area contributed by atoms with Gasteiger partial charge in [0.05, 0.1) is 11.9 Å². The van der Waals surface area contributed by atoms with Gasteiger partial charge >= 0.3 is 17.1 Å². The van der Waals surface area contributed by atoms with E-state index in [1.165, 1.54) is 0 Å². The molecule has 6 N–H and O–H groups in total. The number of rotatable bonds is 6. The van der Waals surface area contributed by atoms with E-state index in [4.69, 9.17) is 9.47 Å². The molecule has 0 aromatic heterocycles. The van der Waals surface area contributed by atoms with Crippen molar-refractivity contribution in [3.8, 4) is 11.5 Å². The molecule has 0 aliphatic heterocycles. The average molecular weight is 420 g/mol. The Hall–Kier alpha value is -2.62. The number of benzene rings is 2. The molecule has 0 fully saturated rings. The molecule has 0 aliphatic carbocycles. The topological polar surface area (TPSA) is 193 Å². The monoisotopic (exact) mass is 419 g/mol. The molecule has 1 radical (unpaired) electrons. The molecule has 149 valence electrons. The van der Waals surface area contributed by atoms with Gasteiger partial charge in [0.25, 0.3) is 0 Å². The molecule has 0 atom stereocenters. The van der Waals surface area contributed by atoms with Crippen LogP contribution in [0.25, 0.3) is 0 Å². The predicted octanol–water partition coefficient (Wildman–Crippen LogP) is -2.85. The quantitative estimate of drug-likeness (QED) is 0.452. The van der Waals surface area contributed by atoms with Crippen LogP contribution < -0.4 is 19.7 Å². The van der Waals surface area contributed by atoms with Crippen LogP contribution in [0.3, 0.4) is 0 Å². The van der Waals surface area contributed by atoms with Gasteiger partial charge in [0.2, 0.25) is 0 Å². The molecule has 2 aromatic carbocycles. The molecule has 10 heteroatoms. The number of para-hydroxylation sites is 2. The maximum absolute atomic E-state index is 9.94. The third kappa shape index (κ3) is 16.2. The summed E-state index contributed by atoms with van der Waals surface area (Å²) in [5, 5.41) is 19.9. The Morgan fingerprint density at radius 3 is 1.15 bits per heavy atom. The number of hydrogen-bond acceptors (Lipinski definition) is 6. The molecule has 0 saturated heterocycles. The summed E-state index contributed by atoms with van der Waals surface area (Å²) in [5.74, 6) is -1.35. The van der Waals surface area contributed by atoms with E-state index in [1.807, 2.05) is 12.1 Å². The fraction of sp³-hybridized carbons (Fsp3) is 0.125. The minimum atomic E-state index is -1.21. The van der Waals surface area contributed by atoms with E-state index in [9.17, 15) is 19.8 Å². The summed E-state index contributed by atoms with van der Waals surface area (Å²) in [6, 6.07) is 17.5. The molecular formula is C16H20CuO9. The molecule has 2 aromatic rings. The maximum atomic E-state index is 9.94. The number of ether oxygens (including phenoxy) is 2. The molecule has 9 nitrogen and oxygen atoms in total. The van der Waals surface area contributed by atoms with Crippen LogP contribution in [0.4, 0.5) is 0 Å². The summed E-state index contributed by atoms with van der Waals surface area (Å²) < 4.78 is 9.61. The summed E-state index contributed by atoms with van der Waals surface area (Å²) in [4.78, 5) is 19.9. The second-order valence-electron chi connectivity index (χ2n) is 3.95. The summed E-state index contributed by atoms with van der Waals surface area (Å²) in [5.41, 5.74) is 0. The smallest absolute Gasteiger partial charge is 0.546 e. The van der Waals surface area contributed by atoms with Gasteiger partial charge in [-0.2, -0.15) is 0 Å². The van der Waals surface area contributed by atoms with Crippen molar-refractivity contribution in [2.75, 3.05) is 13.2 Å². The van der Waals surface area contributed by atoms with E-state index >= 15 is 0 Å². The minimum absolute atomic E-state index is 0. The first-order valence-electron chi connectivity index (χ1n) is 6.33. The van der Waals surface area contributed by atoms with E-state index in [0.717, 1.165) is 0 Å². The first-order valence-corrected chi connectivity index (χ1v) is 6.33. The summed E-state index contributed by atoms with van der Waals surface area (Å²) >= 11 is 0. The van der Waals surface area contributed by atoms with Crippen molar-refractivity contribution in [1.29, 1.82) is 0 Å². The van der Waals surface area contributed by atoms with Crippen LogP contribution in [0.1, 0.15) is 0 Å². The molecule has 0 heterocycles. The van der Waals surface area contributed by atoms with Crippen LogP contribution in [0, 0.1) is 0 Å². The minimum Gasteiger partial charge on any atom is -0.546 e. The Morgan fingerprint density at radius 1 is 0.654 bits per heavy atom. The molecule has 0 spiro atoms. The summed E-state index contributed by atoms with van der Waals surface area (Å²) in [6.07, 6.45) is 0. The number of carbonyl (C=O) groups is 2. The summed E-state index contributed by atoms with van der Waals surface area (Å²) in [7, 11) is 0. The average Bonchev–Trinajstić information content (AvgIpc) is 2.53. The predicted molar refractivity (Wildman–Crippen MR) is 84.7 cm³/mol. The molecule has 26 heavy (non-hydrogen) atoms. The Labute approximate surface area is 160 Å². The van der Waals surface area contributed by atoms with Crippen molar-refractivity contribution in [2.45, 2.75) is 0 Å². The van der Waals surface area contributed by atoms with Crippen molar-refractivity contribution in [3.63, 3.8) is 0 Å². The van der Waals surface area contributed by atoms with Crippen LogP contribution in [-0.4, -0.2) is 41.6 Å². The standard InChI is InChI=1S/2C8H8O3.Cu.3H2O/c2*9-8(10)6-11-7-4-2-1-3-5-7;;;;/h2*1-5H,6H2,(H,9,10);;3*1H2/q;;+2;;;/p-2. The number of carbonyl (C=O) groups excluding carboxylic acids is 2. The van der Waals surface area contributed by atoms with Gasteiger partial charge in [-0.05, 0) is 24.3 Å². The number of carboxylic acid groups (broad SMARTS) is 2. The first-order chi connectivity index (χ1) is 10.6. The van der Waals surface area contributed by atoms with Crippen molar-refractivity contribution in [2.24, 2.45) is 0 Å². The van der Waals surface area contributed by atoms with Crippen LogP contribution >= 0.6 is 0 Å². The second kappa shape index (κ2) is 18.7. The zero-order valence-corrected chi connectivity index (χ0v) is 14.4. The van der Waals surface area contributed by atoms with E-state index in [-0.39, 0.29) is 33.5 Å². The van der Waals surface area contributed by atoms with Gasteiger partial charge in [-0.25, -0.2) is 0 Å². The van der Waals surface area contributed by atoms with Gasteiger partial charge in [-0.3, -0.25) is 0 Å². The van der Waals surface area contributed by atoms with Gasteiger partial charge < -0.3 is 45.7 Å². The third-order valence-corrected chi connectivity index (χ3v) is 2.20. The Morgan fingerprint density at radius 2 is 0.923 bits per heavy atom. The van der Waals surface area contributed by atoms with E-state index in [0.29, 0.717) is 11.5 Å². The molecule has 0 bridgehead atoms. The molecule has 0 unspecified atom stereocenters. The Bertz CT molecular complexity index is 525. The van der Waals surface area contributed by atoms with Crippen LogP contribution in [-0.2, 0) is 26.7 Å². The Kier molecular flexibility index (Phi) is 22.4. The SMILES string of the molecule is O.O.O.O=C([O-])COc1ccccc1.O=C([O-])COc1ccccc1.[Cu+2]. The first kappa shape index (κ1) is 31.2. The third-order valence-electron chi connectivity index (χ3n) is 2.20. The molecule has 0 amide bonds. The van der Waals surface area contributed by atoms with Gasteiger partial charge in [0.15, 0.2) is 0 Å². The van der Waals surface area contributed by atoms with Crippen molar-refractivity contribution in [3.05, 3.63) is 60.7 Å². The van der Waals surface area contributed by atoms with Crippen molar-refractivity contribution >= 4 is 11.9 Å². The van der Waals surface area contributed by atoms with Gasteiger partial charge in [0, 0.05) is 0 Å². The van der Waals surface area contributed by atoms with Crippen LogP contribution in [0.15, 0.2) is 60.7 Å². The number of hydrogen-bond donors (Lipinski definition) is 0. The van der Waals surface area contributed by atoms with E-state index in [1.54, 1.807) is 48.5 Å². The van der Waals surface area contributed by atoms with Gasteiger partial charge in [-0.1, -0.05) is 36.4 Å². The van der Waals surface area contributed by atoms with Crippen LogP contribution in [0.5, 0.6) is 11.5 Å². The zero-order chi connectivity index (χ0) is 16.2. The number of aliphatic carboxylic acids is 2. The van der Waals surface area contributed by atoms with Crippen LogP contribution in [0.2, 0.25) is 0 Å². The van der Waals surface area contributed by atoms with E-state index in [2.05, 4.69) is 0 Å².